The first-order chi connectivity index (χ1) is 14.2. The molecule has 3 aliphatic rings. The van der Waals surface area contributed by atoms with Crippen LogP contribution in [0.15, 0.2) is 30.3 Å². The maximum absolute atomic E-state index is 11.6. The van der Waals surface area contributed by atoms with Crippen molar-refractivity contribution in [1.82, 2.24) is 9.21 Å². The monoisotopic (exact) mass is 433 g/mol. The Hall–Kier alpha value is -2.19. The molecule has 4 rings (SSSR count). The van der Waals surface area contributed by atoms with Gasteiger partial charge in [0.05, 0.1) is 18.0 Å². The van der Waals surface area contributed by atoms with E-state index in [0.717, 1.165) is 24.8 Å². The van der Waals surface area contributed by atoms with Crippen LogP contribution in [0.25, 0.3) is 0 Å². The van der Waals surface area contributed by atoms with Gasteiger partial charge < -0.3 is 10.5 Å². The lowest BCUT2D eigenvalue weighted by Gasteiger charge is -2.55. The highest BCUT2D eigenvalue weighted by Gasteiger charge is 2.63. The van der Waals surface area contributed by atoms with E-state index in [-0.39, 0.29) is 31.3 Å². The lowest BCUT2D eigenvalue weighted by atomic mass is 9.81. The van der Waals surface area contributed by atoms with Crippen molar-refractivity contribution in [3.05, 3.63) is 35.9 Å². The van der Waals surface area contributed by atoms with Crippen LogP contribution in [0.1, 0.15) is 37.2 Å². The smallest absolute Gasteiger partial charge is 0.405 e. The molecule has 1 aromatic rings. The quantitative estimate of drug-likeness (QED) is 0.682. The molecular weight excluding hydrogens is 406 g/mol. The number of nitriles is 1. The van der Waals surface area contributed by atoms with Crippen molar-refractivity contribution in [2.75, 3.05) is 26.2 Å². The summed E-state index contributed by atoms with van der Waals surface area (Å²) in [5.74, 6) is 0.303. The predicted octanol–water partition coefficient (Wildman–Crippen LogP) is 0.892. The summed E-state index contributed by atoms with van der Waals surface area (Å²) in [7, 11) is -3.74. The van der Waals surface area contributed by atoms with E-state index in [2.05, 4.69) is 11.0 Å². The zero-order valence-electron chi connectivity index (χ0n) is 16.7. The molecule has 1 amide bonds. The van der Waals surface area contributed by atoms with Gasteiger partial charge in [0, 0.05) is 24.9 Å². The Balaban J connectivity index is 1.45. The molecule has 4 N–H and O–H groups in total. The Morgan fingerprint density at radius 2 is 1.87 bits per heavy atom. The summed E-state index contributed by atoms with van der Waals surface area (Å²) < 4.78 is 30.1. The minimum Gasteiger partial charge on any atom is -0.442 e. The second-order valence-corrected chi connectivity index (χ2v) is 10.2. The Morgan fingerprint density at radius 1 is 1.23 bits per heavy atom. The number of amides is 1. The third-order valence-electron chi connectivity index (χ3n) is 7.01. The van der Waals surface area contributed by atoms with Gasteiger partial charge in [0.2, 0.25) is 0 Å². The fourth-order valence-corrected chi connectivity index (χ4v) is 6.22. The maximum Gasteiger partial charge on any atom is 0.405 e. The molecule has 0 bridgehead atoms. The zero-order chi connectivity index (χ0) is 21.6. The van der Waals surface area contributed by atoms with Crippen molar-refractivity contribution < 1.29 is 17.9 Å². The fraction of sp³-hybridized carbons (Fsp3) is 0.600. The molecule has 2 heterocycles. The number of primary amides is 1. The molecule has 2 aliphatic heterocycles. The Morgan fingerprint density at radius 3 is 2.40 bits per heavy atom. The van der Waals surface area contributed by atoms with E-state index in [0.29, 0.717) is 13.1 Å². The minimum absolute atomic E-state index is 0.136. The third kappa shape index (κ3) is 3.67. The molecule has 162 valence electrons. The molecule has 2 saturated heterocycles. The molecule has 1 aliphatic carbocycles. The second-order valence-electron chi connectivity index (χ2n) is 8.68. The van der Waals surface area contributed by atoms with Crippen LogP contribution in [0.2, 0.25) is 0 Å². The summed E-state index contributed by atoms with van der Waals surface area (Å²) in [6.07, 6.45) is 1.84. The van der Waals surface area contributed by atoms with Crippen LogP contribution in [0, 0.1) is 17.2 Å². The molecule has 10 heteroatoms. The summed E-state index contributed by atoms with van der Waals surface area (Å²) in [5.41, 5.74) is 5.48. The largest absolute Gasteiger partial charge is 0.442 e. The van der Waals surface area contributed by atoms with Crippen LogP contribution in [0.4, 0.5) is 4.79 Å². The standard InChI is InChI=1S/C20H27N5O4S/c21-9-8-19(13-25(14-19)30(23,27)28)24-10-6-16(7-11-24)20(29-18(22)26)12-17(20)15-4-2-1-3-5-15/h1-5,16-17H,6-8,10-14H2,(H2,22,26)(H2,23,27,28)/t17-,20+/m0/s1. The number of likely N-dealkylation sites (tertiary alicyclic amines) is 1. The number of benzene rings is 1. The van der Waals surface area contributed by atoms with Gasteiger partial charge in [-0.25, -0.2) is 9.93 Å². The second kappa shape index (κ2) is 7.50. The van der Waals surface area contributed by atoms with Crippen LogP contribution in [-0.2, 0) is 14.9 Å². The van der Waals surface area contributed by atoms with E-state index < -0.39 is 27.4 Å². The average molecular weight is 434 g/mol. The third-order valence-corrected chi connectivity index (χ3v) is 7.99. The highest BCUT2D eigenvalue weighted by Crippen LogP contribution is 2.61. The highest BCUT2D eigenvalue weighted by atomic mass is 32.2. The zero-order valence-corrected chi connectivity index (χ0v) is 17.6. The van der Waals surface area contributed by atoms with E-state index in [1.807, 2.05) is 30.3 Å². The van der Waals surface area contributed by atoms with Gasteiger partial charge >= 0.3 is 6.09 Å². The van der Waals surface area contributed by atoms with E-state index in [4.69, 9.17) is 15.6 Å². The first kappa shape index (κ1) is 21.1. The van der Waals surface area contributed by atoms with Gasteiger partial charge in [-0.1, -0.05) is 30.3 Å². The molecule has 30 heavy (non-hydrogen) atoms. The normalized spacial score (nSPS) is 29.5. The number of hydrogen-bond donors (Lipinski definition) is 2. The summed E-state index contributed by atoms with van der Waals surface area (Å²) in [4.78, 5) is 13.8. The van der Waals surface area contributed by atoms with Crippen molar-refractivity contribution in [1.29, 1.82) is 5.26 Å². The van der Waals surface area contributed by atoms with Crippen LogP contribution in [0.3, 0.4) is 0 Å². The van der Waals surface area contributed by atoms with E-state index in [1.54, 1.807) is 0 Å². The molecule has 9 nitrogen and oxygen atoms in total. The average Bonchev–Trinajstić information content (AvgIpc) is 3.39. The van der Waals surface area contributed by atoms with Crippen LogP contribution in [-0.4, -0.2) is 61.0 Å². The van der Waals surface area contributed by atoms with Crippen molar-refractivity contribution in [3.63, 3.8) is 0 Å². The van der Waals surface area contributed by atoms with Gasteiger partial charge in [-0.3, -0.25) is 4.90 Å². The molecular formula is C20H27N5O4S. The van der Waals surface area contributed by atoms with Gasteiger partial charge in [0.1, 0.15) is 5.60 Å². The Kier molecular flexibility index (Phi) is 5.26. The number of carbonyl (C=O) groups is 1. The van der Waals surface area contributed by atoms with Crippen LogP contribution in [0.5, 0.6) is 0 Å². The molecule has 1 aromatic carbocycles. The number of hydrogen-bond acceptors (Lipinski definition) is 6. The first-order valence-electron chi connectivity index (χ1n) is 10.1. The molecule has 2 atom stereocenters. The number of rotatable bonds is 6. The van der Waals surface area contributed by atoms with Crippen LogP contribution < -0.4 is 10.9 Å². The Labute approximate surface area is 176 Å². The summed E-state index contributed by atoms with van der Waals surface area (Å²) in [6, 6.07) is 12.2. The molecule has 3 fully saturated rings. The van der Waals surface area contributed by atoms with Gasteiger partial charge in [-0.2, -0.15) is 18.0 Å². The minimum atomic E-state index is -3.74. The highest BCUT2D eigenvalue weighted by molar-refractivity contribution is 7.86. The number of ether oxygens (including phenoxy) is 1. The molecule has 0 radical (unpaired) electrons. The fourth-order valence-electron chi connectivity index (χ4n) is 5.38. The lowest BCUT2D eigenvalue weighted by molar-refractivity contribution is -0.0507. The van der Waals surface area contributed by atoms with Gasteiger partial charge in [0.25, 0.3) is 10.2 Å². The molecule has 0 aromatic heterocycles. The number of carbonyl (C=O) groups excluding carboxylic acids is 1. The number of nitrogens with two attached hydrogens (primary N) is 2. The topological polar surface area (TPSA) is 143 Å². The van der Waals surface area contributed by atoms with Gasteiger partial charge in [0.15, 0.2) is 0 Å². The first-order valence-corrected chi connectivity index (χ1v) is 11.6. The predicted molar refractivity (Wildman–Crippen MR) is 109 cm³/mol. The van der Waals surface area contributed by atoms with E-state index >= 15 is 0 Å². The SMILES string of the molecule is N#CCC1(N2CCC([C@]3(OC(N)=O)C[C@H]3c3ccccc3)CC2)CN(S(N)(=O)=O)C1. The number of piperidine rings is 1. The van der Waals surface area contributed by atoms with Crippen molar-refractivity contribution in [3.8, 4) is 6.07 Å². The molecule has 1 saturated carbocycles. The number of nitrogens with zero attached hydrogens (tertiary/aromatic N) is 3. The van der Waals surface area contributed by atoms with E-state index in [9.17, 15) is 18.5 Å². The van der Waals surface area contributed by atoms with Crippen molar-refractivity contribution in [2.45, 2.75) is 42.7 Å². The van der Waals surface area contributed by atoms with Crippen molar-refractivity contribution in [2.24, 2.45) is 16.8 Å². The molecule has 0 spiro atoms. The lowest BCUT2D eigenvalue weighted by Crippen LogP contribution is -2.72. The van der Waals surface area contributed by atoms with Crippen molar-refractivity contribution >= 4 is 16.3 Å². The Bertz CT molecular complexity index is 949. The van der Waals surface area contributed by atoms with Crippen LogP contribution >= 0.6 is 0 Å². The summed E-state index contributed by atoms with van der Waals surface area (Å²) in [6.45, 7) is 1.88. The summed E-state index contributed by atoms with van der Waals surface area (Å²) >= 11 is 0. The van der Waals surface area contributed by atoms with Gasteiger partial charge in [-0.15, -0.1) is 0 Å². The van der Waals surface area contributed by atoms with E-state index in [1.165, 1.54) is 4.31 Å². The maximum atomic E-state index is 11.6. The molecule has 0 unspecified atom stereocenters. The van der Waals surface area contributed by atoms with Gasteiger partial charge in [-0.05, 0) is 37.9 Å². The summed E-state index contributed by atoms with van der Waals surface area (Å²) in [5, 5.41) is 14.5.